The molecule has 0 aliphatic rings. The number of hydrogen-bond donors (Lipinski definition) is 2. The monoisotopic (exact) mass is 125 g/mol. The van der Waals surface area contributed by atoms with Gasteiger partial charge in [-0.05, 0) is 12.1 Å². The Bertz CT molecular complexity index is 206. The van der Waals surface area contributed by atoms with Gasteiger partial charge in [0.15, 0.2) is 0 Å². The molecular formula is C5H7N3O. The number of anilines is 1. The highest BCUT2D eigenvalue weighted by Gasteiger charge is 1.91. The third-order valence-electron chi connectivity index (χ3n) is 0.986. The molecule has 0 atom stereocenters. The summed E-state index contributed by atoms with van der Waals surface area (Å²) in [5, 5.41) is 2.41. The fraction of sp³-hybridized carbons (Fsp3) is 0. The third kappa shape index (κ3) is 1.02. The highest BCUT2D eigenvalue weighted by atomic mass is 16.1. The van der Waals surface area contributed by atoms with Gasteiger partial charge in [0.05, 0.1) is 0 Å². The molecule has 0 aromatic carbocycles. The topological polar surface area (TPSA) is 60.0 Å². The molecule has 0 spiro atoms. The molecule has 3 N–H and O–H groups in total. The lowest BCUT2D eigenvalue weighted by Crippen LogP contribution is -2.10. The summed E-state index contributed by atoms with van der Waals surface area (Å²) in [7, 11) is 0. The quantitative estimate of drug-likeness (QED) is 0.423. The highest BCUT2D eigenvalue weighted by molar-refractivity contribution is 5.69. The van der Waals surface area contributed by atoms with Gasteiger partial charge in [-0.3, -0.25) is 9.47 Å². The van der Waals surface area contributed by atoms with Crippen LogP contribution in [0, 0.1) is 0 Å². The summed E-state index contributed by atoms with van der Waals surface area (Å²) in [6, 6.07) is 3.44. The second-order valence-corrected chi connectivity index (χ2v) is 1.56. The summed E-state index contributed by atoms with van der Waals surface area (Å²) < 4.78 is 1.33. The van der Waals surface area contributed by atoms with Gasteiger partial charge in [-0.25, -0.2) is 0 Å². The number of amides is 1. The molecule has 48 valence electrons. The van der Waals surface area contributed by atoms with E-state index in [1.165, 1.54) is 4.68 Å². The van der Waals surface area contributed by atoms with Crippen LogP contribution in [0.15, 0.2) is 18.3 Å². The SMILES string of the molecule is Nn1cccc1NC=O. The van der Waals surface area contributed by atoms with Crippen LogP contribution in [0.1, 0.15) is 0 Å². The second kappa shape index (κ2) is 2.21. The smallest absolute Gasteiger partial charge is 0.212 e. The van der Waals surface area contributed by atoms with Crippen molar-refractivity contribution in [2.24, 2.45) is 0 Å². The summed E-state index contributed by atoms with van der Waals surface area (Å²) in [5.74, 6) is 5.91. The summed E-state index contributed by atoms with van der Waals surface area (Å²) in [6.07, 6.45) is 2.23. The number of nitrogens with one attached hydrogen (secondary N) is 1. The van der Waals surface area contributed by atoms with E-state index in [0.29, 0.717) is 12.2 Å². The second-order valence-electron chi connectivity index (χ2n) is 1.56. The number of nitrogens with two attached hydrogens (primary N) is 1. The molecule has 0 aliphatic heterocycles. The zero-order chi connectivity index (χ0) is 6.69. The van der Waals surface area contributed by atoms with Crippen molar-refractivity contribution < 1.29 is 4.79 Å². The molecule has 0 bridgehead atoms. The number of aromatic nitrogens is 1. The van der Waals surface area contributed by atoms with Gasteiger partial charge in [0, 0.05) is 6.20 Å². The molecule has 0 aliphatic carbocycles. The molecule has 1 aromatic heterocycles. The maximum absolute atomic E-state index is 9.84. The number of carbonyl (C=O) groups excluding carboxylic acids is 1. The van der Waals surface area contributed by atoms with E-state index in [1.54, 1.807) is 18.3 Å². The van der Waals surface area contributed by atoms with Crippen LogP contribution in [0.5, 0.6) is 0 Å². The number of hydrogen-bond acceptors (Lipinski definition) is 2. The summed E-state index contributed by atoms with van der Waals surface area (Å²) >= 11 is 0. The summed E-state index contributed by atoms with van der Waals surface area (Å²) in [4.78, 5) is 9.84. The van der Waals surface area contributed by atoms with E-state index >= 15 is 0 Å². The largest absolute Gasteiger partial charge is 0.338 e. The van der Waals surface area contributed by atoms with Gasteiger partial charge in [-0.1, -0.05) is 0 Å². The molecule has 4 nitrogen and oxygen atoms in total. The molecule has 0 fully saturated rings. The lowest BCUT2D eigenvalue weighted by molar-refractivity contribution is -0.105. The molecule has 0 saturated carbocycles. The Morgan fingerprint density at radius 3 is 3.00 bits per heavy atom. The van der Waals surface area contributed by atoms with Gasteiger partial charge in [-0.2, -0.15) is 0 Å². The van der Waals surface area contributed by atoms with Crippen LogP contribution in [0.25, 0.3) is 0 Å². The maximum atomic E-state index is 9.84. The molecular weight excluding hydrogens is 118 g/mol. The standard InChI is InChI=1S/C5H7N3O/c6-8-3-1-2-5(8)7-4-9/h1-4H,6H2,(H,7,9). The summed E-state index contributed by atoms with van der Waals surface area (Å²) in [5.41, 5.74) is 0. The zero-order valence-electron chi connectivity index (χ0n) is 4.74. The van der Waals surface area contributed by atoms with Crippen molar-refractivity contribution in [1.29, 1.82) is 0 Å². The molecule has 0 unspecified atom stereocenters. The first-order chi connectivity index (χ1) is 4.34. The Labute approximate surface area is 52.2 Å². The highest BCUT2D eigenvalue weighted by Crippen LogP contribution is 2.01. The minimum Gasteiger partial charge on any atom is -0.338 e. The lowest BCUT2D eigenvalue weighted by atomic mass is 10.6. The van der Waals surface area contributed by atoms with E-state index < -0.39 is 0 Å². The van der Waals surface area contributed by atoms with Crippen molar-refractivity contribution in [2.75, 3.05) is 11.2 Å². The zero-order valence-corrected chi connectivity index (χ0v) is 4.74. The average molecular weight is 125 g/mol. The van der Waals surface area contributed by atoms with Crippen LogP contribution in [-0.2, 0) is 4.79 Å². The van der Waals surface area contributed by atoms with E-state index in [2.05, 4.69) is 5.32 Å². The van der Waals surface area contributed by atoms with Crippen LogP contribution in [0.2, 0.25) is 0 Å². The number of nitrogen functional groups attached to an aromatic ring is 1. The number of carbonyl (C=O) groups is 1. The van der Waals surface area contributed by atoms with E-state index in [1.807, 2.05) is 0 Å². The first-order valence-corrected chi connectivity index (χ1v) is 2.47. The van der Waals surface area contributed by atoms with Crippen molar-refractivity contribution in [3.8, 4) is 0 Å². The van der Waals surface area contributed by atoms with Gasteiger partial charge in [0.2, 0.25) is 6.41 Å². The molecule has 1 aromatic rings. The fourth-order valence-corrected chi connectivity index (χ4v) is 0.576. The molecule has 1 heterocycles. The van der Waals surface area contributed by atoms with Crippen LogP contribution >= 0.6 is 0 Å². The average Bonchev–Trinajstić information content (AvgIpc) is 2.18. The molecule has 4 heteroatoms. The van der Waals surface area contributed by atoms with Crippen molar-refractivity contribution in [3.05, 3.63) is 18.3 Å². The Kier molecular flexibility index (Phi) is 1.40. The maximum Gasteiger partial charge on any atom is 0.212 e. The molecule has 1 amide bonds. The third-order valence-corrected chi connectivity index (χ3v) is 0.986. The van der Waals surface area contributed by atoms with Crippen LogP contribution < -0.4 is 11.2 Å². The number of rotatable bonds is 2. The van der Waals surface area contributed by atoms with Gasteiger partial charge in [0.25, 0.3) is 0 Å². The molecule has 0 radical (unpaired) electrons. The fourth-order valence-electron chi connectivity index (χ4n) is 0.576. The normalized spacial score (nSPS) is 8.89. The number of nitrogens with zero attached hydrogens (tertiary/aromatic N) is 1. The van der Waals surface area contributed by atoms with E-state index in [9.17, 15) is 4.79 Å². The Balaban J connectivity index is 2.80. The Morgan fingerprint density at radius 2 is 2.56 bits per heavy atom. The van der Waals surface area contributed by atoms with Crippen LogP contribution in [0.4, 0.5) is 5.82 Å². The van der Waals surface area contributed by atoms with E-state index in [0.717, 1.165) is 0 Å². The van der Waals surface area contributed by atoms with Gasteiger partial charge >= 0.3 is 0 Å². The van der Waals surface area contributed by atoms with E-state index in [4.69, 9.17) is 5.84 Å². The molecule has 0 saturated heterocycles. The first kappa shape index (κ1) is 5.68. The lowest BCUT2D eigenvalue weighted by Gasteiger charge is -1.97. The van der Waals surface area contributed by atoms with Crippen LogP contribution in [-0.4, -0.2) is 11.1 Å². The Hall–Kier alpha value is -1.45. The van der Waals surface area contributed by atoms with Crippen molar-refractivity contribution >= 4 is 12.2 Å². The summed E-state index contributed by atoms with van der Waals surface area (Å²) in [6.45, 7) is 0. The first-order valence-electron chi connectivity index (χ1n) is 2.47. The van der Waals surface area contributed by atoms with Crippen molar-refractivity contribution in [3.63, 3.8) is 0 Å². The predicted octanol–water partition coefficient (Wildman–Crippen LogP) is -0.230. The van der Waals surface area contributed by atoms with Crippen LogP contribution in [0.3, 0.4) is 0 Å². The van der Waals surface area contributed by atoms with Gasteiger partial charge in [-0.15, -0.1) is 0 Å². The van der Waals surface area contributed by atoms with Crippen molar-refractivity contribution in [2.45, 2.75) is 0 Å². The van der Waals surface area contributed by atoms with E-state index in [-0.39, 0.29) is 0 Å². The van der Waals surface area contributed by atoms with Gasteiger partial charge in [0.1, 0.15) is 5.82 Å². The minimum absolute atomic E-state index is 0.582. The molecule has 1 rings (SSSR count). The minimum atomic E-state index is 0.582. The predicted molar refractivity (Wildman–Crippen MR) is 34.3 cm³/mol. The molecule has 9 heavy (non-hydrogen) atoms. The Morgan fingerprint density at radius 1 is 1.78 bits per heavy atom. The van der Waals surface area contributed by atoms with Gasteiger partial charge < -0.3 is 11.2 Å². The van der Waals surface area contributed by atoms with Crippen molar-refractivity contribution in [1.82, 2.24) is 4.68 Å².